The smallest absolute Gasteiger partial charge is 0.0472 e. The van der Waals surface area contributed by atoms with Crippen molar-refractivity contribution in [3.63, 3.8) is 0 Å². The molecule has 0 amide bonds. The second-order valence-electron chi connectivity index (χ2n) is 2.88. The summed E-state index contributed by atoms with van der Waals surface area (Å²) in [5, 5.41) is 8.75. The molecular formula is C9H14N2O. The molecule has 0 bridgehead atoms. The highest BCUT2D eigenvalue weighted by molar-refractivity contribution is 5.60. The van der Waals surface area contributed by atoms with Crippen LogP contribution in [0.2, 0.25) is 0 Å². The van der Waals surface area contributed by atoms with Crippen LogP contribution in [0.3, 0.4) is 0 Å². The molecule has 1 aromatic carbocycles. The Morgan fingerprint density at radius 3 is 2.50 bits per heavy atom. The van der Waals surface area contributed by atoms with Crippen molar-refractivity contribution in [1.29, 1.82) is 0 Å². The van der Waals surface area contributed by atoms with Crippen molar-refractivity contribution in [2.24, 2.45) is 0 Å². The quantitative estimate of drug-likeness (QED) is 0.566. The van der Waals surface area contributed by atoms with Crippen molar-refractivity contribution in [1.82, 2.24) is 0 Å². The number of aliphatic hydroxyl groups excluding tert-OH is 1. The zero-order valence-electron chi connectivity index (χ0n) is 7.17. The molecule has 0 saturated carbocycles. The third-order valence-electron chi connectivity index (χ3n) is 1.89. The monoisotopic (exact) mass is 166 g/mol. The maximum Gasteiger partial charge on any atom is 0.0472 e. The molecule has 1 aromatic rings. The summed E-state index contributed by atoms with van der Waals surface area (Å²) in [5.74, 6) is 0. The van der Waals surface area contributed by atoms with E-state index in [0.29, 0.717) is 17.8 Å². The molecule has 66 valence electrons. The van der Waals surface area contributed by atoms with Gasteiger partial charge < -0.3 is 16.6 Å². The van der Waals surface area contributed by atoms with Crippen molar-refractivity contribution in [3.8, 4) is 0 Å². The van der Waals surface area contributed by atoms with E-state index in [-0.39, 0.29) is 6.61 Å². The fraction of sp³-hybridized carbons (Fsp3) is 0.333. The second kappa shape index (κ2) is 3.45. The van der Waals surface area contributed by atoms with Crippen molar-refractivity contribution in [3.05, 3.63) is 23.3 Å². The maximum absolute atomic E-state index is 8.75. The van der Waals surface area contributed by atoms with Gasteiger partial charge in [-0.15, -0.1) is 0 Å². The predicted molar refractivity (Wildman–Crippen MR) is 50.8 cm³/mol. The SMILES string of the molecule is Cc1cc(N)cc(N)c1CCO. The van der Waals surface area contributed by atoms with Crippen LogP contribution in [-0.2, 0) is 6.42 Å². The Balaban J connectivity index is 3.10. The summed E-state index contributed by atoms with van der Waals surface area (Å²) in [4.78, 5) is 0. The van der Waals surface area contributed by atoms with E-state index in [1.54, 1.807) is 6.07 Å². The van der Waals surface area contributed by atoms with Gasteiger partial charge in [0.1, 0.15) is 0 Å². The van der Waals surface area contributed by atoms with Gasteiger partial charge in [0.15, 0.2) is 0 Å². The molecule has 0 unspecified atom stereocenters. The Morgan fingerprint density at radius 2 is 2.00 bits per heavy atom. The molecule has 5 N–H and O–H groups in total. The lowest BCUT2D eigenvalue weighted by atomic mass is 10.0. The molecule has 0 atom stereocenters. The second-order valence-corrected chi connectivity index (χ2v) is 2.88. The van der Waals surface area contributed by atoms with Crippen molar-refractivity contribution < 1.29 is 5.11 Å². The average Bonchev–Trinajstić information content (AvgIpc) is 1.96. The van der Waals surface area contributed by atoms with E-state index < -0.39 is 0 Å². The Bertz CT molecular complexity index is 261. The lowest BCUT2D eigenvalue weighted by molar-refractivity contribution is 0.299. The summed E-state index contributed by atoms with van der Waals surface area (Å²) < 4.78 is 0. The minimum absolute atomic E-state index is 0.120. The maximum atomic E-state index is 8.75. The lowest BCUT2D eigenvalue weighted by Crippen LogP contribution is -2.02. The first-order valence-electron chi connectivity index (χ1n) is 3.90. The van der Waals surface area contributed by atoms with E-state index in [1.165, 1.54) is 0 Å². The van der Waals surface area contributed by atoms with Crippen LogP contribution >= 0.6 is 0 Å². The van der Waals surface area contributed by atoms with Gasteiger partial charge >= 0.3 is 0 Å². The van der Waals surface area contributed by atoms with E-state index >= 15 is 0 Å². The Kier molecular flexibility index (Phi) is 2.55. The number of hydrogen-bond acceptors (Lipinski definition) is 3. The topological polar surface area (TPSA) is 72.3 Å². The largest absolute Gasteiger partial charge is 0.399 e. The minimum atomic E-state index is 0.120. The highest BCUT2D eigenvalue weighted by Crippen LogP contribution is 2.20. The lowest BCUT2D eigenvalue weighted by Gasteiger charge is -2.08. The first-order chi connectivity index (χ1) is 5.65. The van der Waals surface area contributed by atoms with Gasteiger partial charge in [-0.2, -0.15) is 0 Å². The number of aryl methyl sites for hydroxylation is 1. The van der Waals surface area contributed by atoms with E-state index in [9.17, 15) is 0 Å². The molecule has 0 saturated heterocycles. The van der Waals surface area contributed by atoms with Gasteiger partial charge in [-0.3, -0.25) is 0 Å². The number of nitrogens with two attached hydrogens (primary N) is 2. The molecule has 3 nitrogen and oxygen atoms in total. The molecule has 0 aliphatic carbocycles. The molecule has 0 radical (unpaired) electrons. The number of nitrogen functional groups attached to an aromatic ring is 2. The Labute approximate surface area is 72.0 Å². The molecule has 0 aliphatic heterocycles. The van der Waals surface area contributed by atoms with Crippen molar-refractivity contribution in [2.75, 3.05) is 18.1 Å². The van der Waals surface area contributed by atoms with Gasteiger partial charge in [0, 0.05) is 18.0 Å². The van der Waals surface area contributed by atoms with Crippen LogP contribution in [0.4, 0.5) is 11.4 Å². The van der Waals surface area contributed by atoms with Crippen LogP contribution in [0.5, 0.6) is 0 Å². The number of hydrogen-bond donors (Lipinski definition) is 3. The molecule has 0 aromatic heterocycles. The van der Waals surface area contributed by atoms with Gasteiger partial charge in [0.25, 0.3) is 0 Å². The molecule has 0 fully saturated rings. The van der Waals surface area contributed by atoms with Crippen molar-refractivity contribution >= 4 is 11.4 Å². The standard InChI is InChI=1S/C9H14N2O/c1-6-4-7(10)5-9(11)8(6)2-3-12/h4-5,12H,2-3,10-11H2,1H3. The van der Waals surface area contributed by atoms with E-state index in [1.807, 2.05) is 13.0 Å². The van der Waals surface area contributed by atoms with Crippen LogP contribution in [0.1, 0.15) is 11.1 Å². The van der Waals surface area contributed by atoms with Crippen LogP contribution in [0.15, 0.2) is 12.1 Å². The first-order valence-corrected chi connectivity index (χ1v) is 3.90. The molecule has 0 aliphatic rings. The van der Waals surface area contributed by atoms with Crippen LogP contribution in [0.25, 0.3) is 0 Å². The molecule has 1 rings (SSSR count). The van der Waals surface area contributed by atoms with E-state index in [4.69, 9.17) is 16.6 Å². The van der Waals surface area contributed by atoms with E-state index in [0.717, 1.165) is 11.1 Å². The van der Waals surface area contributed by atoms with Crippen LogP contribution in [-0.4, -0.2) is 11.7 Å². The first kappa shape index (κ1) is 8.87. The summed E-state index contributed by atoms with van der Waals surface area (Å²) in [5.41, 5.74) is 14.7. The Morgan fingerprint density at radius 1 is 1.33 bits per heavy atom. The van der Waals surface area contributed by atoms with Crippen LogP contribution in [0, 0.1) is 6.92 Å². The normalized spacial score (nSPS) is 10.2. The number of benzene rings is 1. The fourth-order valence-corrected chi connectivity index (χ4v) is 1.33. The van der Waals surface area contributed by atoms with E-state index in [2.05, 4.69) is 0 Å². The summed E-state index contributed by atoms with van der Waals surface area (Å²) in [6.07, 6.45) is 0.595. The molecular weight excluding hydrogens is 152 g/mol. The highest BCUT2D eigenvalue weighted by Gasteiger charge is 2.03. The Hall–Kier alpha value is -1.22. The zero-order chi connectivity index (χ0) is 9.14. The van der Waals surface area contributed by atoms with Gasteiger partial charge in [0.2, 0.25) is 0 Å². The van der Waals surface area contributed by atoms with Crippen LogP contribution < -0.4 is 11.5 Å². The molecule has 0 spiro atoms. The fourth-order valence-electron chi connectivity index (χ4n) is 1.33. The molecule has 12 heavy (non-hydrogen) atoms. The van der Waals surface area contributed by atoms with Gasteiger partial charge in [-0.05, 0) is 36.6 Å². The number of aliphatic hydroxyl groups is 1. The van der Waals surface area contributed by atoms with Gasteiger partial charge in [-0.1, -0.05) is 0 Å². The summed E-state index contributed by atoms with van der Waals surface area (Å²) >= 11 is 0. The zero-order valence-corrected chi connectivity index (χ0v) is 7.17. The minimum Gasteiger partial charge on any atom is -0.399 e. The average molecular weight is 166 g/mol. The summed E-state index contributed by atoms with van der Waals surface area (Å²) in [6, 6.07) is 3.58. The number of anilines is 2. The van der Waals surface area contributed by atoms with Gasteiger partial charge in [0.05, 0.1) is 0 Å². The van der Waals surface area contributed by atoms with Gasteiger partial charge in [-0.25, -0.2) is 0 Å². The summed E-state index contributed by atoms with van der Waals surface area (Å²) in [6.45, 7) is 2.06. The predicted octanol–water partition coefficient (Wildman–Crippen LogP) is 0.694. The third kappa shape index (κ3) is 1.68. The van der Waals surface area contributed by atoms with Crippen molar-refractivity contribution in [2.45, 2.75) is 13.3 Å². The molecule has 3 heteroatoms. The number of rotatable bonds is 2. The third-order valence-corrected chi connectivity index (χ3v) is 1.89. The molecule has 0 heterocycles. The summed E-state index contributed by atoms with van der Waals surface area (Å²) in [7, 11) is 0. The highest BCUT2D eigenvalue weighted by atomic mass is 16.2.